The summed E-state index contributed by atoms with van der Waals surface area (Å²) in [6.45, 7) is 4.05. The van der Waals surface area contributed by atoms with Crippen molar-refractivity contribution in [1.82, 2.24) is 0 Å². The van der Waals surface area contributed by atoms with Gasteiger partial charge in [-0.15, -0.1) is 11.8 Å². The SMILES string of the molecule is CC(C)C1SCC1(O)C#N. The van der Waals surface area contributed by atoms with Crippen molar-refractivity contribution in [1.29, 1.82) is 5.26 Å². The minimum Gasteiger partial charge on any atom is -0.373 e. The van der Waals surface area contributed by atoms with E-state index < -0.39 is 5.60 Å². The van der Waals surface area contributed by atoms with Crippen LogP contribution in [-0.2, 0) is 0 Å². The highest BCUT2D eigenvalue weighted by molar-refractivity contribution is 8.01. The topological polar surface area (TPSA) is 44.0 Å². The molecule has 2 nitrogen and oxygen atoms in total. The molecular formula is C7H11NOS. The molecule has 0 aromatic carbocycles. The van der Waals surface area contributed by atoms with E-state index in [1.807, 2.05) is 19.9 Å². The van der Waals surface area contributed by atoms with Crippen molar-refractivity contribution in [3.8, 4) is 6.07 Å². The number of nitriles is 1. The highest BCUT2D eigenvalue weighted by atomic mass is 32.2. The van der Waals surface area contributed by atoms with Crippen LogP contribution >= 0.6 is 11.8 Å². The van der Waals surface area contributed by atoms with Gasteiger partial charge >= 0.3 is 0 Å². The van der Waals surface area contributed by atoms with Crippen molar-refractivity contribution in [3.05, 3.63) is 0 Å². The van der Waals surface area contributed by atoms with Gasteiger partial charge in [-0.05, 0) is 5.92 Å². The lowest BCUT2D eigenvalue weighted by Gasteiger charge is -2.41. The molecule has 1 aliphatic rings. The van der Waals surface area contributed by atoms with E-state index in [0.29, 0.717) is 11.7 Å². The molecule has 0 aliphatic carbocycles. The summed E-state index contributed by atoms with van der Waals surface area (Å²) in [6.07, 6.45) is 0. The second kappa shape index (κ2) is 2.44. The van der Waals surface area contributed by atoms with Crippen molar-refractivity contribution in [2.45, 2.75) is 24.7 Å². The van der Waals surface area contributed by atoms with E-state index in [-0.39, 0.29) is 5.25 Å². The lowest BCUT2D eigenvalue weighted by atomic mass is 9.93. The van der Waals surface area contributed by atoms with Gasteiger partial charge in [0.05, 0.1) is 11.3 Å². The van der Waals surface area contributed by atoms with E-state index in [0.717, 1.165) is 0 Å². The molecule has 0 aromatic heterocycles. The Bertz CT molecular complexity index is 175. The summed E-state index contributed by atoms with van der Waals surface area (Å²) in [5.41, 5.74) is -1.03. The lowest BCUT2D eigenvalue weighted by Crippen LogP contribution is -2.53. The second-order valence-electron chi connectivity index (χ2n) is 3.01. The molecule has 0 bridgehead atoms. The first-order chi connectivity index (χ1) is 4.60. The van der Waals surface area contributed by atoms with Gasteiger partial charge in [0.2, 0.25) is 0 Å². The zero-order valence-corrected chi connectivity index (χ0v) is 6.98. The monoisotopic (exact) mass is 157 g/mol. The predicted octanol–water partition coefficient (Wildman–Crippen LogP) is 1.01. The summed E-state index contributed by atoms with van der Waals surface area (Å²) in [4.78, 5) is 0. The van der Waals surface area contributed by atoms with Crippen molar-refractivity contribution >= 4 is 11.8 Å². The minimum atomic E-state index is -1.03. The van der Waals surface area contributed by atoms with Gasteiger partial charge in [0, 0.05) is 5.75 Å². The summed E-state index contributed by atoms with van der Waals surface area (Å²) < 4.78 is 0. The van der Waals surface area contributed by atoms with E-state index in [2.05, 4.69) is 0 Å². The van der Waals surface area contributed by atoms with Crippen LogP contribution < -0.4 is 0 Å². The molecule has 1 aliphatic heterocycles. The van der Waals surface area contributed by atoms with Gasteiger partial charge in [0.25, 0.3) is 0 Å². The molecule has 10 heavy (non-hydrogen) atoms. The number of thioether (sulfide) groups is 1. The van der Waals surface area contributed by atoms with Crippen LogP contribution in [0.5, 0.6) is 0 Å². The van der Waals surface area contributed by atoms with Gasteiger partial charge < -0.3 is 5.11 Å². The first kappa shape index (κ1) is 7.90. The van der Waals surface area contributed by atoms with Gasteiger partial charge in [0.15, 0.2) is 5.60 Å². The predicted molar refractivity (Wildman–Crippen MR) is 41.6 cm³/mol. The summed E-state index contributed by atoms with van der Waals surface area (Å²) in [5, 5.41) is 18.1. The molecule has 0 spiro atoms. The molecule has 0 radical (unpaired) electrons. The molecule has 3 heteroatoms. The minimum absolute atomic E-state index is 0.123. The maximum absolute atomic E-state index is 9.47. The third kappa shape index (κ3) is 1.02. The average Bonchev–Trinajstić information content (AvgIpc) is 1.83. The lowest BCUT2D eigenvalue weighted by molar-refractivity contribution is 0.0919. The molecule has 1 rings (SSSR count). The van der Waals surface area contributed by atoms with Crippen LogP contribution in [0.15, 0.2) is 0 Å². The number of hydrogen-bond acceptors (Lipinski definition) is 3. The maximum Gasteiger partial charge on any atom is 0.172 e. The molecule has 1 heterocycles. The van der Waals surface area contributed by atoms with Crippen molar-refractivity contribution < 1.29 is 5.11 Å². The average molecular weight is 157 g/mol. The van der Waals surface area contributed by atoms with Gasteiger partial charge in [-0.3, -0.25) is 0 Å². The third-order valence-corrected chi connectivity index (χ3v) is 3.65. The van der Waals surface area contributed by atoms with Crippen LogP contribution in [0.4, 0.5) is 0 Å². The quantitative estimate of drug-likeness (QED) is 0.578. The number of rotatable bonds is 1. The molecular weight excluding hydrogens is 146 g/mol. The Morgan fingerprint density at radius 2 is 2.40 bits per heavy atom. The van der Waals surface area contributed by atoms with E-state index in [9.17, 15) is 5.11 Å². The zero-order valence-electron chi connectivity index (χ0n) is 6.16. The number of hydrogen-bond donors (Lipinski definition) is 1. The number of nitrogens with zero attached hydrogens (tertiary/aromatic N) is 1. The summed E-state index contributed by atoms with van der Waals surface area (Å²) in [6, 6.07) is 1.94. The second-order valence-corrected chi connectivity index (χ2v) is 4.14. The van der Waals surface area contributed by atoms with E-state index in [4.69, 9.17) is 5.26 Å². The van der Waals surface area contributed by atoms with Crippen LogP contribution in [-0.4, -0.2) is 21.7 Å². The molecule has 1 N–H and O–H groups in total. The molecule has 1 fully saturated rings. The van der Waals surface area contributed by atoms with E-state index in [1.54, 1.807) is 11.8 Å². The highest BCUT2D eigenvalue weighted by Crippen LogP contribution is 2.42. The third-order valence-electron chi connectivity index (χ3n) is 1.75. The fourth-order valence-corrected chi connectivity index (χ4v) is 2.35. The summed E-state index contributed by atoms with van der Waals surface area (Å²) in [7, 11) is 0. The van der Waals surface area contributed by atoms with Gasteiger partial charge in [-0.2, -0.15) is 5.26 Å². The fraction of sp³-hybridized carbons (Fsp3) is 0.857. The Morgan fingerprint density at radius 1 is 1.80 bits per heavy atom. The molecule has 0 aromatic rings. The first-order valence-corrected chi connectivity index (χ1v) is 4.40. The molecule has 2 atom stereocenters. The van der Waals surface area contributed by atoms with Crippen LogP contribution in [0.25, 0.3) is 0 Å². The van der Waals surface area contributed by atoms with Gasteiger partial charge in [0.1, 0.15) is 0 Å². The number of aliphatic hydroxyl groups is 1. The Labute approximate surface area is 65.2 Å². The fourth-order valence-electron chi connectivity index (χ4n) is 1.18. The molecule has 0 saturated carbocycles. The summed E-state index contributed by atoms with van der Waals surface area (Å²) >= 11 is 1.67. The van der Waals surface area contributed by atoms with Crippen LogP contribution in [0, 0.1) is 17.2 Å². The van der Waals surface area contributed by atoms with Crippen molar-refractivity contribution in [3.63, 3.8) is 0 Å². The Morgan fingerprint density at radius 3 is 2.50 bits per heavy atom. The Hall–Kier alpha value is -0.200. The van der Waals surface area contributed by atoms with E-state index in [1.165, 1.54) is 0 Å². The largest absolute Gasteiger partial charge is 0.373 e. The maximum atomic E-state index is 9.47. The first-order valence-electron chi connectivity index (χ1n) is 3.35. The normalized spacial score (nSPS) is 38.9. The van der Waals surface area contributed by atoms with Crippen LogP contribution in [0.2, 0.25) is 0 Å². The van der Waals surface area contributed by atoms with E-state index >= 15 is 0 Å². The van der Waals surface area contributed by atoms with Crippen LogP contribution in [0.1, 0.15) is 13.8 Å². The molecule has 1 saturated heterocycles. The van der Waals surface area contributed by atoms with Crippen molar-refractivity contribution in [2.24, 2.45) is 5.92 Å². The smallest absolute Gasteiger partial charge is 0.172 e. The molecule has 0 amide bonds. The Balaban J connectivity index is 2.60. The van der Waals surface area contributed by atoms with Gasteiger partial charge in [-0.25, -0.2) is 0 Å². The standard InChI is InChI=1S/C7H11NOS/c1-5(2)6-7(9,3-8)4-10-6/h5-6,9H,4H2,1-2H3. The highest BCUT2D eigenvalue weighted by Gasteiger charge is 2.48. The Kier molecular flexibility index (Phi) is 1.93. The molecule has 56 valence electrons. The summed E-state index contributed by atoms with van der Waals surface area (Å²) in [5.74, 6) is 0.968. The van der Waals surface area contributed by atoms with Crippen LogP contribution in [0.3, 0.4) is 0 Å². The van der Waals surface area contributed by atoms with Crippen molar-refractivity contribution in [2.75, 3.05) is 5.75 Å². The molecule has 2 unspecified atom stereocenters. The van der Waals surface area contributed by atoms with Gasteiger partial charge in [-0.1, -0.05) is 13.8 Å². The zero-order chi connectivity index (χ0) is 7.78.